The molecule has 2 atom stereocenters. The lowest BCUT2D eigenvalue weighted by atomic mass is 9.89. The van der Waals surface area contributed by atoms with E-state index >= 15 is 0 Å². The number of amides is 1. The molecule has 2 N–H and O–H groups in total. The fourth-order valence-electron chi connectivity index (χ4n) is 4.33. The third-order valence-electron chi connectivity index (χ3n) is 5.77. The van der Waals surface area contributed by atoms with E-state index in [4.69, 9.17) is 4.74 Å². The van der Waals surface area contributed by atoms with E-state index in [1.54, 1.807) is 0 Å². The van der Waals surface area contributed by atoms with E-state index in [9.17, 15) is 4.79 Å². The van der Waals surface area contributed by atoms with Gasteiger partial charge in [0.25, 0.3) is 0 Å². The van der Waals surface area contributed by atoms with E-state index in [-0.39, 0.29) is 30.7 Å². The SMILES string of the molecule is CCN(CC)CCOc1ccccc1NC(=O)CC1CC2CCC(C1)N2.Cl.Cl. The molecular formula is C21H35Cl2N3O2. The highest BCUT2D eigenvalue weighted by Crippen LogP contribution is 2.33. The number of piperidine rings is 1. The van der Waals surface area contributed by atoms with Crippen LogP contribution in [0.25, 0.3) is 0 Å². The van der Waals surface area contributed by atoms with Crippen LogP contribution in [0.1, 0.15) is 46.0 Å². The molecule has 2 bridgehead atoms. The lowest BCUT2D eigenvalue weighted by molar-refractivity contribution is -0.117. The van der Waals surface area contributed by atoms with Gasteiger partial charge in [-0.3, -0.25) is 4.79 Å². The van der Waals surface area contributed by atoms with Gasteiger partial charge in [0.2, 0.25) is 5.91 Å². The maximum atomic E-state index is 12.5. The zero-order chi connectivity index (χ0) is 18.4. The van der Waals surface area contributed by atoms with Crippen molar-refractivity contribution in [3.63, 3.8) is 0 Å². The van der Waals surface area contributed by atoms with Crippen LogP contribution in [0.15, 0.2) is 24.3 Å². The van der Waals surface area contributed by atoms with Crippen molar-refractivity contribution in [3.8, 4) is 5.75 Å². The van der Waals surface area contributed by atoms with Crippen molar-refractivity contribution in [2.75, 3.05) is 31.6 Å². The van der Waals surface area contributed by atoms with E-state index < -0.39 is 0 Å². The lowest BCUT2D eigenvalue weighted by Crippen LogP contribution is -2.39. The number of hydrogen-bond donors (Lipinski definition) is 2. The molecule has 7 heteroatoms. The Morgan fingerprint density at radius 1 is 1.14 bits per heavy atom. The van der Waals surface area contributed by atoms with E-state index in [1.807, 2.05) is 24.3 Å². The van der Waals surface area contributed by atoms with Gasteiger partial charge in [-0.15, -0.1) is 24.8 Å². The Balaban J connectivity index is 0.00000196. The molecule has 2 aliphatic heterocycles. The molecule has 0 aliphatic carbocycles. The van der Waals surface area contributed by atoms with Crippen LogP contribution in [0.2, 0.25) is 0 Å². The van der Waals surface area contributed by atoms with E-state index in [1.165, 1.54) is 12.8 Å². The molecule has 0 aromatic heterocycles. The summed E-state index contributed by atoms with van der Waals surface area (Å²) in [4.78, 5) is 14.9. The van der Waals surface area contributed by atoms with Crippen molar-refractivity contribution in [2.45, 2.75) is 58.0 Å². The molecule has 0 radical (unpaired) electrons. The molecular weight excluding hydrogens is 397 g/mol. The molecule has 3 rings (SSSR count). The molecule has 0 saturated carbocycles. The standard InChI is InChI=1S/C21H33N3O2.2ClH/c1-3-24(4-2)11-12-26-20-8-6-5-7-19(20)23-21(25)15-16-13-17-9-10-18(14-16)22-17;;/h5-8,16-18,22H,3-4,9-15H2,1-2H3,(H,23,25);2*1H. The van der Waals surface area contributed by atoms with Gasteiger partial charge in [0.15, 0.2) is 0 Å². The van der Waals surface area contributed by atoms with Crippen LogP contribution in [0.5, 0.6) is 5.75 Å². The second-order valence-electron chi connectivity index (χ2n) is 7.60. The van der Waals surface area contributed by atoms with Gasteiger partial charge in [-0.05, 0) is 56.8 Å². The minimum atomic E-state index is 0. The Hall–Kier alpha value is -1.01. The Labute approximate surface area is 181 Å². The first-order valence-corrected chi connectivity index (χ1v) is 10.2. The van der Waals surface area contributed by atoms with Gasteiger partial charge in [-0.1, -0.05) is 26.0 Å². The number of likely N-dealkylation sites (N-methyl/N-ethyl adjacent to an activating group) is 1. The fraction of sp³-hybridized carbons (Fsp3) is 0.667. The van der Waals surface area contributed by atoms with Crippen LogP contribution in [0.3, 0.4) is 0 Å². The first kappa shape index (κ1) is 25.0. The summed E-state index contributed by atoms with van der Waals surface area (Å²) in [5, 5.41) is 6.71. The number of carbonyl (C=O) groups is 1. The largest absolute Gasteiger partial charge is 0.490 e. The molecule has 1 aromatic carbocycles. The Morgan fingerprint density at radius 2 is 1.79 bits per heavy atom. The summed E-state index contributed by atoms with van der Waals surface area (Å²) < 4.78 is 5.94. The van der Waals surface area contributed by atoms with Crippen LogP contribution >= 0.6 is 24.8 Å². The molecule has 2 unspecified atom stereocenters. The number of halogens is 2. The second-order valence-corrected chi connectivity index (χ2v) is 7.60. The number of nitrogens with one attached hydrogen (secondary N) is 2. The monoisotopic (exact) mass is 431 g/mol. The van der Waals surface area contributed by atoms with E-state index in [0.717, 1.165) is 43.9 Å². The summed E-state index contributed by atoms with van der Waals surface area (Å²) in [6.07, 6.45) is 5.42. The highest BCUT2D eigenvalue weighted by molar-refractivity contribution is 5.92. The number of carbonyl (C=O) groups excluding carboxylic acids is 1. The van der Waals surface area contributed by atoms with Crippen LogP contribution in [-0.4, -0.2) is 49.1 Å². The van der Waals surface area contributed by atoms with Gasteiger partial charge in [-0.25, -0.2) is 0 Å². The molecule has 0 spiro atoms. The number of rotatable bonds is 9. The minimum absolute atomic E-state index is 0. The van der Waals surface area contributed by atoms with Crippen LogP contribution in [0.4, 0.5) is 5.69 Å². The molecule has 2 heterocycles. The number of benzene rings is 1. The molecule has 28 heavy (non-hydrogen) atoms. The summed E-state index contributed by atoms with van der Waals surface area (Å²) in [7, 11) is 0. The number of ether oxygens (including phenoxy) is 1. The molecule has 1 amide bonds. The lowest BCUT2D eigenvalue weighted by Gasteiger charge is -2.28. The van der Waals surface area contributed by atoms with Crippen molar-refractivity contribution in [1.29, 1.82) is 0 Å². The third kappa shape index (κ3) is 7.11. The number of anilines is 1. The summed E-state index contributed by atoms with van der Waals surface area (Å²) in [6.45, 7) is 7.89. The summed E-state index contributed by atoms with van der Waals surface area (Å²) >= 11 is 0. The zero-order valence-corrected chi connectivity index (χ0v) is 18.6. The van der Waals surface area contributed by atoms with Crippen molar-refractivity contribution >= 4 is 36.4 Å². The maximum Gasteiger partial charge on any atom is 0.224 e. The molecule has 1 aromatic rings. The summed E-state index contributed by atoms with van der Waals surface area (Å²) in [6, 6.07) is 9.01. The van der Waals surface area contributed by atoms with Gasteiger partial charge in [-0.2, -0.15) is 0 Å². The van der Waals surface area contributed by atoms with Gasteiger partial charge in [0.05, 0.1) is 5.69 Å². The number of nitrogens with zero attached hydrogens (tertiary/aromatic N) is 1. The third-order valence-corrected chi connectivity index (χ3v) is 5.77. The first-order chi connectivity index (χ1) is 12.7. The quantitative estimate of drug-likeness (QED) is 0.617. The average Bonchev–Trinajstić information content (AvgIpc) is 2.98. The predicted octanol–water partition coefficient (Wildman–Crippen LogP) is 4.11. The van der Waals surface area contributed by atoms with Crippen LogP contribution < -0.4 is 15.4 Å². The fourth-order valence-corrected chi connectivity index (χ4v) is 4.33. The Bertz CT molecular complexity index is 587. The normalized spacial score (nSPS) is 22.9. The highest BCUT2D eigenvalue weighted by atomic mass is 35.5. The molecule has 5 nitrogen and oxygen atoms in total. The predicted molar refractivity (Wildman–Crippen MR) is 120 cm³/mol. The Kier molecular flexibility index (Phi) is 11.2. The van der Waals surface area contributed by atoms with Crippen LogP contribution in [-0.2, 0) is 4.79 Å². The molecule has 2 saturated heterocycles. The molecule has 160 valence electrons. The average molecular weight is 432 g/mol. The minimum Gasteiger partial charge on any atom is -0.490 e. The van der Waals surface area contributed by atoms with Crippen molar-refractivity contribution < 1.29 is 9.53 Å². The van der Waals surface area contributed by atoms with E-state index in [0.29, 0.717) is 31.0 Å². The van der Waals surface area contributed by atoms with Crippen molar-refractivity contribution in [2.24, 2.45) is 5.92 Å². The zero-order valence-electron chi connectivity index (χ0n) is 17.0. The summed E-state index contributed by atoms with van der Waals surface area (Å²) in [5.74, 6) is 1.37. The highest BCUT2D eigenvalue weighted by Gasteiger charge is 2.34. The second kappa shape index (κ2) is 12.5. The van der Waals surface area contributed by atoms with Crippen LogP contribution in [0, 0.1) is 5.92 Å². The number of fused-ring (bicyclic) bond motifs is 2. The van der Waals surface area contributed by atoms with Gasteiger partial charge < -0.3 is 20.3 Å². The first-order valence-electron chi connectivity index (χ1n) is 10.2. The maximum absolute atomic E-state index is 12.5. The van der Waals surface area contributed by atoms with Crippen molar-refractivity contribution in [1.82, 2.24) is 10.2 Å². The van der Waals surface area contributed by atoms with E-state index in [2.05, 4.69) is 29.4 Å². The number of para-hydroxylation sites is 2. The van der Waals surface area contributed by atoms with Gasteiger partial charge in [0, 0.05) is 25.0 Å². The van der Waals surface area contributed by atoms with Crippen molar-refractivity contribution in [3.05, 3.63) is 24.3 Å². The molecule has 2 fully saturated rings. The Morgan fingerprint density at radius 3 is 2.43 bits per heavy atom. The van der Waals surface area contributed by atoms with Gasteiger partial charge in [0.1, 0.15) is 12.4 Å². The number of hydrogen-bond acceptors (Lipinski definition) is 4. The van der Waals surface area contributed by atoms with Gasteiger partial charge >= 0.3 is 0 Å². The molecule has 2 aliphatic rings. The summed E-state index contributed by atoms with van der Waals surface area (Å²) in [5.41, 5.74) is 0.786. The smallest absolute Gasteiger partial charge is 0.224 e. The topological polar surface area (TPSA) is 53.6 Å².